The first-order valence-electron chi connectivity index (χ1n) is 8.13. The van der Waals surface area contributed by atoms with Gasteiger partial charge in [-0.1, -0.05) is 23.7 Å². The van der Waals surface area contributed by atoms with E-state index < -0.39 is 24.9 Å². The second kappa shape index (κ2) is 8.16. The van der Waals surface area contributed by atoms with Gasteiger partial charge >= 0.3 is 0 Å². The van der Waals surface area contributed by atoms with Crippen LogP contribution in [0.5, 0.6) is 0 Å². The molecule has 1 atom stereocenters. The summed E-state index contributed by atoms with van der Waals surface area (Å²) < 4.78 is 32.0. The van der Waals surface area contributed by atoms with Crippen molar-refractivity contribution in [2.24, 2.45) is 0 Å². The van der Waals surface area contributed by atoms with Crippen molar-refractivity contribution in [3.63, 3.8) is 0 Å². The number of ether oxygens (including phenoxy) is 1. The number of alkyl halides is 2. The van der Waals surface area contributed by atoms with E-state index in [0.717, 1.165) is 18.4 Å². The number of carbonyl (C=O) groups excluding carboxylic acids is 1. The van der Waals surface area contributed by atoms with Crippen LogP contribution in [0, 0.1) is 0 Å². The van der Waals surface area contributed by atoms with E-state index in [1.807, 2.05) is 18.2 Å². The fourth-order valence-corrected chi connectivity index (χ4v) is 3.62. The zero-order valence-corrected chi connectivity index (χ0v) is 15.3. The number of amides is 1. The lowest BCUT2D eigenvalue weighted by molar-refractivity contribution is -0.123. The summed E-state index contributed by atoms with van der Waals surface area (Å²) in [7, 11) is 0. The van der Waals surface area contributed by atoms with Crippen molar-refractivity contribution in [3.8, 4) is 0 Å². The van der Waals surface area contributed by atoms with Crippen molar-refractivity contribution in [1.29, 1.82) is 0 Å². The minimum Gasteiger partial charge on any atom is -0.381 e. The molecular formula is C17H22Cl2F2N2O2. The highest BCUT2D eigenvalue weighted by atomic mass is 35.5. The van der Waals surface area contributed by atoms with Crippen LogP contribution in [0.4, 0.5) is 8.78 Å². The van der Waals surface area contributed by atoms with Crippen LogP contribution in [0.25, 0.3) is 0 Å². The van der Waals surface area contributed by atoms with Gasteiger partial charge in [0.1, 0.15) is 0 Å². The summed E-state index contributed by atoms with van der Waals surface area (Å²) in [5.41, 5.74) is 0.767. The van der Waals surface area contributed by atoms with E-state index in [1.165, 1.54) is 0 Å². The molecule has 0 radical (unpaired) electrons. The third-order valence-electron chi connectivity index (χ3n) is 4.91. The Kier molecular flexibility index (Phi) is 6.65. The summed E-state index contributed by atoms with van der Waals surface area (Å²) in [6.07, 6.45) is 1.05. The fraction of sp³-hybridized carbons (Fsp3) is 0.588. The molecule has 25 heavy (non-hydrogen) atoms. The van der Waals surface area contributed by atoms with Gasteiger partial charge in [0.25, 0.3) is 5.92 Å². The minimum absolute atomic E-state index is 0. The van der Waals surface area contributed by atoms with Gasteiger partial charge in [0.2, 0.25) is 5.91 Å². The maximum atomic E-state index is 13.3. The summed E-state index contributed by atoms with van der Waals surface area (Å²) in [5.74, 6) is -3.19. The van der Waals surface area contributed by atoms with Crippen LogP contribution in [0.3, 0.4) is 0 Å². The van der Waals surface area contributed by atoms with Crippen molar-refractivity contribution >= 4 is 29.9 Å². The standard InChI is InChI=1S/C17H21ClF2N2O2.ClH/c18-13-3-1-2-12(8-13)16(4-6-24-7-5-16)10-22-15(23)14-9-17(19,20)11-21-14;/h1-3,8,14,21H,4-7,9-11H2,(H,22,23);1H. The van der Waals surface area contributed by atoms with Crippen LogP contribution >= 0.6 is 24.0 Å². The molecule has 0 aliphatic carbocycles. The molecule has 0 bridgehead atoms. The smallest absolute Gasteiger partial charge is 0.262 e. The molecule has 140 valence electrons. The first-order valence-corrected chi connectivity index (χ1v) is 8.51. The van der Waals surface area contributed by atoms with Crippen LogP contribution in [0.2, 0.25) is 5.02 Å². The molecule has 0 spiro atoms. The lowest BCUT2D eigenvalue weighted by Gasteiger charge is -2.38. The largest absolute Gasteiger partial charge is 0.381 e. The molecule has 2 aliphatic rings. The van der Waals surface area contributed by atoms with Crippen molar-refractivity contribution in [1.82, 2.24) is 10.6 Å². The average Bonchev–Trinajstić information content (AvgIpc) is 2.94. The highest BCUT2D eigenvalue weighted by molar-refractivity contribution is 6.30. The Balaban J connectivity index is 0.00000225. The van der Waals surface area contributed by atoms with Crippen LogP contribution in [-0.4, -0.2) is 44.2 Å². The number of hydrogen-bond acceptors (Lipinski definition) is 3. The quantitative estimate of drug-likeness (QED) is 0.825. The normalized spacial score (nSPS) is 24.4. The van der Waals surface area contributed by atoms with Gasteiger partial charge in [0.15, 0.2) is 0 Å². The van der Waals surface area contributed by atoms with E-state index in [2.05, 4.69) is 10.6 Å². The molecule has 3 rings (SSSR count). The highest BCUT2D eigenvalue weighted by Gasteiger charge is 2.43. The number of rotatable bonds is 4. The van der Waals surface area contributed by atoms with Crippen molar-refractivity contribution < 1.29 is 18.3 Å². The SMILES string of the molecule is Cl.O=C(NCC1(c2cccc(Cl)c2)CCOCC1)C1CC(F)(F)CN1. The summed E-state index contributed by atoms with van der Waals surface area (Å²) >= 11 is 6.11. The van der Waals surface area contributed by atoms with Gasteiger partial charge in [-0.05, 0) is 30.5 Å². The Morgan fingerprint density at radius 2 is 2.08 bits per heavy atom. The number of carbonyl (C=O) groups is 1. The minimum atomic E-state index is -2.81. The van der Waals surface area contributed by atoms with Gasteiger partial charge in [0.05, 0.1) is 12.6 Å². The molecule has 2 N–H and O–H groups in total. The predicted octanol–water partition coefficient (Wildman–Crippen LogP) is 2.92. The number of hydrogen-bond donors (Lipinski definition) is 2. The zero-order valence-electron chi connectivity index (χ0n) is 13.7. The molecule has 0 aromatic heterocycles. The number of halogens is 4. The molecule has 2 heterocycles. The monoisotopic (exact) mass is 394 g/mol. The first-order chi connectivity index (χ1) is 11.4. The second-order valence-electron chi connectivity index (χ2n) is 6.61. The van der Waals surface area contributed by atoms with Crippen molar-refractivity contribution in [2.45, 2.75) is 36.6 Å². The number of benzene rings is 1. The van der Waals surface area contributed by atoms with E-state index in [9.17, 15) is 13.6 Å². The van der Waals surface area contributed by atoms with E-state index in [-0.39, 0.29) is 23.7 Å². The average molecular weight is 395 g/mol. The second-order valence-corrected chi connectivity index (χ2v) is 7.05. The summed E-state index contributed by atoms with van der Waals surface area (Å²) in [6.45, 7) is 1.14. The molecule has 8 heteroatoms. The Hall–Kier alpha value is -0.950. The van der Waals surface area contributed by atoms with Crippen LogP contribution in [0.15, 0.2) is 24.3 Å². The lowest BCUT2D eigenvalue weighted by atomic mass is 9.74. The lowest BCUT2D eigenvalue weighted by Crippen LogP contribution is -2.48. The molecule has 1 amide bonds. The number of nitrogens with one attached hydrogen (secondary N) is 2. The summed E-state index contributed by atoms with van der Waals surface area (Å²) in [4.78, 5) is 12.3. The van der Waals surface area contributed by atoms with Gasteiger partial charge in [-0.2, -0.15) is 0 Å². The van der Waals surface area contributed by atoms with E-state index in [0.29, 0.717) is 24.8 Å². The maximum absolute atomic E-state index is 13.3. The maximum Gasteiger partial charge on any atom is 0.262 e. The molecule has 1 aromatic rings. The molecule has 4 nitrogen and oxygen atoms in total. The Morgan fingerprint density at radius 1 is 1.36 bits per heavy atom. The fourth-order valence-electron chi connectivity index (χ4n) is 3.43. The third kappa shape index (κ3) is 4.82. The van der Waals surface area contributed by atoms with Gasteiger partial charge in [-0.15, -0.1) is 12.4 Å². The summed E-state index contributed by atoms with van der Waals surface area (Å²) in [6, 6.07) is 6.75. The Labute approximate surface area is 157 Å². The van der Waals surface area contributed by atoms with Gasteiger partial charge in [-0.3, -0.25) is 10.1 Å². The molecule has 2 aliphatic heterocycles. The molecule has 2 fully saturated rings. The Bertz CT molecular complexity index is 610. The van der Waals surface area contributed by atoms with Crippen LogP contribution in [0.1, 0.15) is 24.8 Å². The van der Waals surface area contributed by atoms with E-state index in [4.69, 9.17) is 16.3 Å². The summed E-state index contributed by atoms with van der Waals surface area (Å²) in [5, 5.41) is 6.09. The topological polar surface area (TPSA) is 50.4 Å². The molecule has 1 aromatic carbocycles. The van der Waals surface area contributed by atoms with Gasteiger partial charge < -0.3 is 10.1 Å². The molecule has 0 saturated carbocycles. The highest BCUT2D eigenvalue weighted by Crippen LogP contribution is 2.35. The van der Waals surface area contributed by atoms with E-state index in [1.54, 1.807) is 6.07 Å². The van der Waals surface area contributed by atoms with Crippen molar-refractivity contribution in [3.05, 3.63) is 34.9 Å². The zero-order chi connectivity index (χ0) is 17.2. The first kappa shape index (κ1) is 20.4. The molecular weight excluding hydrogens is 373 g/mol. The molecule has 2 saturated heterocycles. The Morgan fingerprint density at radius 3 is 2.68 bits per heavy atom. The van der Waals surface area contributed by atoms with Crippen molar-refractivity contribution in [2.75, 3.05) is 26.3 Å². The predicted molar refractivity (Wildman–Crippen MR) is 94.8 cm³/mol. The third-order valence-corrected chi connectivity index (χ3v) is 5.15. The molecule has 1 unspecified atom stereocenters. The van der Waals surface area contributed by atoms with Gasteiger partial charge in [-0.25, -0.2) is 8.78 Å². The van der Waals surface area contributed by atoms with Crippen LogP contribution < -0.4 is 10.6 Å². The van der Waals surface area contributed by atoms with Crippen LogP contribution in [-0.2, 0) is 14.9 Å². The van der Waals surface area contributed by atoms with Gasteiger partial charge in [0, 0.05) is 36.6 Å². The van der Waals surface area contributed by atoms with E-state index >= 15 is 0 Å².